The smallest absolute Gasteiger partial charge is 0.257 e. The normalized spacial score (nSPS) is 18.4. The van der Waals surface area contributed by atoms with Gasteiger partial charge in [0.25, 0.3) is 5.91 Å². The average molecular weight is 295 g/mol. The lowest BCUT2D eigenvalue weighted by atomic mass is 10.1. The molecule has 0 bridgehead atoms. The standard InChI is InChI=1S/C14H18FN3O3/c1-2-4-17-13(19)12-9-21-7-6-18(12)14(20)10-3-5-16-8-11(10)15/h3,5,8,12H,2,4,6-7,9H2,1H3,(H,17,19). The molecule has 7 heteroatoms. The van der Waals surface area contributed by atoms with Gasteiger partial charge in [-0.3, -0.25) is 14.6 Å². The van der Waals surface area contributed by atoms with Crippen molar-refractivity contribution in [2.45, 2.75) is 19.4 Å². The highest BCUT2D eigenvalue weighted by atomic mass is 19.1. The van der Waals surface area contributed by atoms with Crippen molar-refractivity contribution in [3.05, 3.63) is 29.8 Å². The third-order valence-corrected chi connectivity index (χ3v) is 3.24. The molecule has 2 rings (SSSR count). The molecule has 1 aliphatic heterocycles. The quantitative estimate of drug-likeness (QED) is 0.882. The fraction of sp³-hybridized carbons (Fsp3) is 0.500. The number of carbonyl (C=O) groups excluding carboxylic acids is 2. The molecule has 0 saturated carbocycles. The first kappa shape index (κ1) is 15.4. The first-order chi connectivity index (χ1) is 10.1. The van der Waals surface area contributed by atoms with Gasteiger partial charge < -0.3 is 15.0 Å². The number of nitrogens with zero attached hydrogens (tertiary/aromatic N) is 2. The summed E-state index contributed by atoms with van der Waals surface area (Å²) in [5.41, 5.74) is -0.0832. The third-order valence-electron chi connectivity index (χ3n) is 3.24. The van der Waals surface area contributed by atoms with Crippen molar-refractivity contribution < 1.29 is 18.7 Å². The number of morpholine rings is 1. The molecule has 114 valence electrons. The van der Waals surface area contributed by atoms with Crippen LogP contribution in [0.25, 0.3) is 0 Å². The van der Waals surface area contributed by atoms with Gasteiger partial charge in [-0.15, -0.1) is 0 Å². The second-order valence-electron chi connectivity index (χ2n) is 4.74. The molecule has 2 amide bonds. The summed E-state index contributed by atoms with van der Waals surface area (Å²) in [5.74, 6) is -1.49. The highest BCUT2D eigenvalue weighted by Crippen LogP contribution is 2.14. The van der Waals surface area contributed by atoms with Crippen LogP contribution in [0.2, 0.25) is 0 Å². The summed E-state index contributed by atoms with van der Waals surface area (Å²) in [6.45, 7) is 3.17. The Bertz CT molecular complexity index is 524. The van der Waals surface area contributed by atoms with E-state index in [0.717, 1.165) is 12.6 Å². The van der Waals surface area contributed by atoms with Crippen molar-refractivity contribution in [1.82, 2.24) is 15.2 Å². The van der Waals surface area contributed by atoms with Gasteiger partial charge in [-0.2, -0.15) is 0 Å². The zero-order valence-corrected chi connectivity index (χ0v) is 11.8. The number of hydrogen-bond acceptors (Lipinski definition) is 4. The molecule has 21 heavy (non-hydrogen) atoms. The molecular formula is C14H18FN3O3. The minimum atomic E-state index is -0.731. The lowest BCUT2D eigenvalue weighted by molar-refractivity contribution is -0.130. The van der Waals surface area contributed by atoms with Crippen LogP contribution >= 0.6 is 0 Å². The van der Waals surface area contributed by atoms with Crippen LogP contribution in [0.3, 0.4) is 0 Å². The van der Waals surface area contributed by atoms with Gasteiger partial charge in [0.2, 0.25) is 5.91 Å². The van der Waals surface area contributed by atoms with E-state index in [4.69, 9.17) is 4.74 Å². The van der Waals surface area contributed by atoms with Gasteiger partial charge >= 0.3 is 0 Å². The number of carbonyl (C=O) groups is 2. The molecular weight excluding hydrogens is 277 g/mol. The van der Waals surface area contributed by atoms with Crippen molar-refractivity contribution in [2.75, 3.05) is 26.3 Å². The molecule has 1 aliphatic rings. The molecule has 1 aromatic rings. The van der Waals surface area contributed by atoms with Gasteiger partial charge in [-0.25, -0.2) is 4.39 Å². The van der Waals surface area contributed by atoms with Crippen LogP contribution in [0.1, 0.15) is 23.7 Å². The second-order valence-corrected chi connectivity index (χ2v) is 4.74. The number of aromatic nitrogens is 1. The van der Waals surface area contributed by atoms with Crippen LogP contribution in [0, 0.1) is 5.82 Å². The Morgan fingerprint density at radius 1 is 1.57 bits per heavy atom. The van der Waals surface area contributed by atoms with Gasteiger partial charge in [0.15, 0.2) is 5.82 Å². The van der Waals surface area contributed by atoms with Crippen LogP contribution in [-0.2, 0) is 9.53 Å². The summed E-state index contributed by atoms with van der Waals surface area (Å²) in [6, 6.07) is 0.582. The van der Waals surface area contributed by atoms with Crippen LogP contribution in [0.4, 0.5) is 4.39 Å². The van der Waals surface area contributed by atoms with Crippen molar-refractivity contribution in [3.63, 3.8) is 0 Å². The van der Waals surface area contributed by atoms with E-state index in [2.05, 4.69) is 10.3 Å². The zero-order valence-electron chi connectivity index (χ0n) is 11.8. The van der Waals surface area contributed by atoms with Crippen molar-refractivity contribution in [1.29, 1.82) is 0 Å². The molecule has 1 aromatic heterocycles. The van der Waals surface area contributed by atoms with E-state index in [1.54, 1.807) is 0 Å². The van der Waals surface area contributed by atoms with Gasteiger partial charge in [0.05, 0.1) is 25.0 Å². The summed E-state index contributed by atoms with van der Waals surface area (Å²) in [4.78, 5) is 29.5. The number of rotatable bonds is 4. The number of ether oxygens (including phenoxy) is 1. The topological polar surface area (TPSA) is 71.5 Å². The average Bonchev–Trinajstić information content (AvgIpc) is 2.52. The van der Waals surface area contributed by atoms with E-state index in [0.29, 0.717) is 13.2 Å². The molecule has 6 nitrogen and oxygen atoms in total. The molecule has 1 atom stereocenters. The maximum atomic E-state index is 13.7. The van der Waals surface area contributed by atoms with E-state index in [1.807, 2.05) is 6.92 Å². The maximum Gasteiger partial charge on any atom is 0.257 e. The Hall–Kier alpha value is -2.02. The van der Waals surface area contributed by atoms with Gasteiger partial charge in [-0.1, -0.05) is 6.92 Å². The molecule has 1 fully saturated rings. The lowest BCUT2D eigenvalue weighted by Crippen LogP contribution is -2.56. The Kier molecular flexibility index (Phi) is 5.21. The van der Waals surface area contributed by atoms with Crippen LogP contribution in [-0.4, -0.2) is 54.0 Å². The van der Waals surface area contributed by atoms with Crippen LogP contribution in [0.15, 0.2) is 18.5 Å². The molecule has 1 saturated heterocycles. The van der Waals surface area contributed by atoms with Gasteiger partial charge in [0.1, 0.15) is 6.04 Å². The molecule has 0 radical (unpaired) electrons. The summed E-state index contributed by atoms with van der Waals surface area (Å²) in [7, 11) is 0. The number of hydrogen-bond donors (Lipinski definition) is 1. The van der Waals surface area contributed by atoms with Crippen molar-refractivity contribution in [2.24, 2.45) is 0 Å². The first-order valence-electron chi connectivity index (χ1n) is 6.91. The predicted octanol–water partition coefficient (Wildman–Crippen LogP) is 0.588. The lowest BCUT2D eigenvalue weighted by Gasteiger charge is -2.34. The van der Waals surface area contributed by atoms with Crippen molar-refractivity contribution >= 4 is 11.8 Å². The number of amides is 2. The van der Waals surface area contributed by atoms with E-state index in [-0.39, 0.29) is 24.6 Å². The zero-order chi connectivity index (χ0) is 15.2. The summed E-state index contributed by atoms with van der Waals surface area (Å²) < 4.78 is 19.0. The van der Waals surface area contributed by atoms with Crippen LogP contribution < -0.4 is 5.32 Å². The van der Waals surface area contributed by atoms with E-state index in [1.165, 1.54) is 17.2 Å². The molecule has 2 heterocycles. The number of pyridine rings is 1. The fourth-order valence-corrected chi connectivity index (χ4v) is 2.13. The number of halogens is 1. The minimum Gasteiger partial charge on any atom is -0.377 e. The first-order valence-corrected chi connectivity index (χ1v) is 6.91. The highest BCUT2D eigenvalue weighted by molar-refractivity contribution is 5.97. The molecule has 1 N–H and O–H groups in total. The third kappa shape index (κ3) is 3.55. The van der Waals surface area contributed by atoms with E-state index >= 15 is 0 Å². The maximum absolute atomic E-state index is 13.7. The summed E-state index contributed by atoms with van der Waals surface area (Å²) in [6.07, 6.45) is 3.13. The van der Waals surface area contributed by atoms with Gasteiger partial charge in [0, 0.05) is 19.3 Å². The van der Waals surface area contributed by atoms with E-state index in [9.17, 15) is 14.0 Å². The van der Waals surface area contributed by atoms with Gasteiger partial charge in [-0.05, 0) is 12.5 Å². The fourth-order valence-electron chi connectivity index (χ4n) is 2.13. The Morgan fingerprint density at radius 2 is 2.38 bits per heavy atom. The van der Waals surface area contributed by atoms with E-state index < -0.39 is 17.8 Å². The Balaban J connectivity index is 2.16. The molecule has 0 aliphatic carbocycles. The predicted molar refractivity (Wildman–Crippen MR) is 73.1 cm³/mol. The summed E-state index contributed by atoms with van der Waals surface area (Å²) in [5, 5.41) is 2.73. The summed E-state index contributed by atoms with van der Waals surface area (Å²) >= 11 is 0. The van der Waals surface area contributed by atoms with Crippen LogP contribution in [0.5, 0.6) is 0 Å². The molecule has 0 aromatic carbocycles. The Morgan fingerprint density at radius 3 is 3.10 bits per heavy atom. The second kappa shape index (κ2) is 7.12. The SMILES string of the molecule is CCCNC(=O)C1COCCN1C(=O)c1ccncc1F. The molecule has 1 unspecified atom stereocenters. The minimum absolute atomic E-state index is 0.0832. The largest absolute Gasteiger partial charge is 0.377 e. The number of nitrogens with one attached hydrogen (secondary N) is 1. The molecule has 0 spiro atoms. The monoisotopic (exact) mass is 295 g/mol. The highest BCUT2D eigenvalue weighted by Gasteiger charge is 2.34. The van der Waals surface area contributed by atoms with Crippen molar-refractivity contribution in [3.8, 4) is 0 Å². The Labute approximate surface area is 122 Å².